The van der Waals surface area contributed by atoms with Crippen molar-refractivity contribution in [3.63, 3.8) is 0 Å². The molecular weight excluding hydrogens is 336 g/mol. The average molecular weight is 360 g/mol. The molecule has 4 nitrogen and oxygen atoms in total. The zero-order valence-electron chi connectivity index (χ0n) is 15.2. The first-order chi connectivity index (χ1) is 13.1. The summed E-state index contributed by atoms with van der Waals surface area (Å²) in [5, 5.41) is 26.0. The second-order valence-electron chi connectivity index (χ2n) is 7.35. The van der Waals surface area contributed by atoms with Gasteiger partial charge in [-0.05, 0) is 17.2 Å². The Hall–Kier alpha value is -2.53. The highest BCUT2D eigenvalue weighted by Gasteiger charge is 2.51. The smallest absolute Gasteiger partial charge is 0.167 e. The third-order valence-corrected chi connectivity index (χ3v) is 5.67. The van der Waals surface area contributed by atoms with Crippen molar-refractivity contribution in [1.29, 1.82) is 0 Å². The first-order valence-electron chi connectivity index (χ1n) is 9.43. The fraction of sp³-hybridized carbons (Fsp3) is 0.261. The van der Waals surface area contributed by atoms with Crippen LogP contribution in [-0.2, 0) is 12.1 Å². The van der Waals surface area contributed by atoms with Crippen LogP contribution in [0.4, 0.5) is 0 Å². The van der Waals surface area contributed by atoms with Crippen LogP contribution in [0.2, 0.25) is 0 Å². The summed E-state index contributed by atoms with van der Waals surface area (Å²) in [6.07, 6.45) is 4.95. The van der Waals surface area contributed by atoms with Gasteiger partial charge in [0.1, 0.15) is 12.6 Å². The summed E-state index contributed by atoms with van der Waals surface area (Å²) >= 11 is 0. The Kier molecular flexibility index (Phi) is 4.79. The van der Waals surface area contributed by atoms with E-state index in [2.05, 4.69) is 4.98 Å². The number of hydrogen-bond acceptors (Lipinski definition) is 3. The molecule has 1 aromatic heterocycles. The van der Waals surface area contributed by atoms with E-state index in [9.17, 15) is 10.3 Å². The third kappa shape index (κ3) is 3.28. The van der Waals surface area contributed by atoms with Gasteiger partial charge in [0, 0.05) is 30.8 Å². The summed E-state index contributed by atoms with van der Waals surface area (Å²) in [7, 11) is 0. The number of quaternary nitrogens is 1. The van der Waals surface area contributed by atoms with Gasteiger partial charge in [-0.3, -0.25) is 4.98 Å². The number of aromatic nitrogens is 1. The van der Waals surface area contributed by atoms with Gasteiger partial charge >= 0.3 is 0 Å². The van der Waals surface area contributed by atoms with E-state index >= 15 is 0 Å². The van der Waals surface area contributed by atoms with Crippen molar-refractivity contribution in [2.45, 2.75) is 31.0 Å². The molecule has 2 atom stereocenters. The number of hydrogen-bond donors (Lipinski definition) is 1. The van der Waals surface area contributed by atoms with Crippen LogP contribution in [0.25, 0.3) is 0 Å². The Morgan fingerprint density at radius 2 is 1.59 bits per heavy atom. The lowest BCUT2D eigenvalue weighted by Gasteiger charge is -2.50. The lowest BCUT2D eigenvalue weighted by atomic mass is 9.78. The van der Waals surface area contributed by atoms with Gasteiger partial charge in [-0.15, -0.1) is 0 Å². The van der Waals surface area contributed by atoms with Gasteiger partial charge in [0.25, 0.3) is 0 Å². The van der Waals surface area contributed by atoms with E-state index in [4.69, 9.17) is 0 Å². The summed E-state index contributed by atoms with van der Waals surface area (Å²) in [6.45, 7) is 0.821. The number of likely N-dealkylation sites (tertiary alicyclic amines) is 1. The third-order valence-electron chi connectivity index (χ3n) is 5.67. The summed E-state index contributed by atoms with van der Waals surface area (Å²) in [4.78, 5) is 4.15. The molecule has 0 radical (unpaired) electrons. The maximum Gasteiger partial charge on any atom is 0.167 e. The second kappa shape index (κ2) is 7.24. The molecule has 4 rings (SSSR count). The summed E-state index contributed by atoms with van der Waals surface area (Å²) in [5.41, 5.74) is 1.12. The molecule has 2 heterocycles. The van der Waals surface area contributed by atoms with Gasteiger partial charge < -0.3 is 15.0 Å². The van der Waals surface area contributed by atoms with Crippen LogP contribution in [0.15, 0.2) is 85.2 Å². The summed E-state index contributed by atoms with van der Waals surface area (Å²) in [6, 6.07) is 22.5. The van der Waals surface area contributed by atoms with Gasteiger partial charge in [-0.1, -0.05) is 66.7 Å². The molecule has 3 aromatic rings. The predicted octanol–water partition coefficient (Wildman–Crippen LogP) is 3.99. The fourth-order valence-corrected chi connectivity index (χ4v) is 4.42. The molecule has 0 spiro atoms. The number of pyridine rings is 1. The maximum absolute atomic E-state index is 13.9. The van der Waals surface area contributed by atoms with E-state index in [-0.39, 0.29) is 0 Å². The van der Waals surface area contributed by atoms with Crippen molar-refractivity contribution in [1.82, 2.24) is 4.98 Å². The van der Waals surface area contributed by atoms with Crippen LogP contribution >= 0.6 is 0 Å². The molecule has 0 aliphatic carbocycles. The SMILES string of the molecule is [O-][N@@+]1(Cc2cccnc2)CCC[C@H]1C(O)(c1ccccc1)c1ccccc1. The second-order valence-corrected chi connectivity index (χ2v) is 7.35. The van der Waals surface area contributed by atoms with Crippen molar-refractivity contribution in [3.05, 3.63) is 107 Å². The Morgan fingerprint density at radius 1 is 0.963 bits per heavy atom. The molecule has 1 saturated heterocycles. The Labute approximate surface area is 159 Å². The molecule has 1 N–H and O–H groups in total. The van der Waals surface area contributed by atoms with Crippen molar-refractivity contribution in [2.75, 3.05) is 6.54 Å². The minimum absolute atomic E-state index is 0.320. The zero-order chi connectivity index (χ0) is 18.7. The van der Waals surface area contributed by atoms with Crippen LogP contribution in [0.5, 0.6) is 0 Å². The van der Waals surface area contributed by atoms with Crippen molar-refractivity contribution in [2.24, 2.45) is 0 Å². The van der Waals surface area contributed by atoms with Crippen LogP contribution in [0, 0.1) is 5.21 Å². The van der Waals surface area contributed by atoms with Gasteiger partial charge in [0.05, 0.1) is 6.54 Å². The summed E-state index contributed by atoms with van der Waals surface area (Å²) < 4.78 is -0.439. The molecule has 4 heteroatoms. The first kappa shape index (κ1) is 17.9. The predicted molar refractivity (Wildman–Crippen MR) is 105 cm³/mol. The van der Waals surface area contributed by atoms with Crippen LogP contribution in [0.3, 0.4) is 0 Å². The van der Waals surface area contributed by atoms with E-state index in [1.165, 1.54) is 0 Å². The number of aliphatic hydroxyl groups is 1. The minimum atomic E-state index is -1.33. The Bertz CT molecular complexity index is 831. The van der Waals surface area contributed by atoms with Gasteiger partial charge in [0.15, 0.2) is 5.60 Å². The minimum Gasteiger partial charge on any atom is -0.632 e. The molecular formula is C23H24N2O2. The van der Waals surface area contributed by atoms with E-state index in [1.54, 1.807) is 12.4 Å². The van der Waals surface area contributed by atoms with Gasteiger partial charge in [-0.25, -0.2) is 0 Å². The number of benzene rings is 2. The van der Waals surface area contributed by atoms with Crippen molar-refractivity contribution < 1.29 is 9.75 Å². The lowest BCUT2D eigenvalue weighted by Crippen LogP contribution is -2.56. The Balaban J connectivity index is 1.80. The van der Waals surface area contributed by atoms with Crippen LogP contribution in [0.1, 0.15) is 29.5 Å². The first-order valence-corrected chi connectivity index (χ1v) is 9.43. The van der Waals surface area contributed by atoms with E-state index in [0.29, 0.717) is 19.5 Å². The quantitative estimate of drug-likeness (QED) is 0.553. The molecule has 2 aromatic carbocycles. The summed E-state index contributed by atoms with van der Waals surface area (Å²) in [5.74, 6) is 0. The molecule has 0 unspecified atom stereocenters. The fourth-order valence-electron chi connectivity index (χ4n) is 4.42. The number of rotatable bonds is 5. The molecule has 0 saturated carbocycles. The number of nitrogens with zero attached hydrogens (tertiary/aromatic N) is 2. The van der Waals surface area contributed by atoms with Gasteiger partial charge in [0.2, 0.25) is 0 Å². The van der Waals surface area contributed by atoms with Gasteiger partial charge in [-0.2, -0.15) is 0 Å². The largest absolute Gasteiger partial charge is 0.632 e. The normalized spacial score (nSPS) is 22.7. The Morgan fingerprint density at radius 3 is 2.15 bits per heavy atom. The van der Waals surface area contributed by atoms with Crippen LogP contribution in [-0.4, -0.2) is 27.3 Å². The van der Waals surface area contributed by atoms with E-state index < -0.39 is 16.3 Å². The topological polar surface area (TPSA) is 56.2 Å². The molecule has 27 heavy (non-hydrogen) atoms. The monoisotopic (exact) mass is 360 g/mol. The molecule has 0 amide bonds. The number of hydroxylamine groups is 3. The highest BCUT2D eigenvalue weighted by molar-refractivity contribution is 5.38. The molecule has 1 fully saturated rings. The zero-order valence-corrected chi connectivity index (χ0v) is 15.2. The molecule has 138 valence electrons. The van der Waals surface area contributed by atoms with E-state index in [0.717, 1.165) is 23.1 Å². The van der Waals surface area contributed by atoms with Crippen molar-refractivity contribution in [3.8, 4) is 0 Å². The maximum atomic E-state index is 13.9. The highest BCUT2D eigenvalue weighted by Crippen LogP contribution is 2.44. The van der Waals surface area contributed by atoms with Crippen molar-refractivity contribution >= 4 is 0 Å². The van der Waals surface area contributed by atoms with E-state index in [1.807, 2.05) is 72.8 Å². The van der Waals surface area contributed by atoms with Crippen LogP contribution < -0.4 is 0 Å². The molecule has 1 aliphatic rings. The average Bonchev–Trinajstić information content (AvgIpc) is 3.11. The standard InChI is InChI=1S/C23H24N2O2/c26-23(20-10-3-1-4-11-20,21-12-5-2-6-13-21)22-14-8-16-25(22,27)18-19-9-7-15-24-17-19/h1-7,9-13,15,17,22,26H,8,14,16,18H2/t22-,25+/m0/s1. The highest BCUT2D eigenvalue weighted by atomic mass is 16.6. The molecule has 1 aliphatic heterocycles. The molecule has 0 bridgehead atoms. The lowest BCUT2D eigenvalue weighted by molar-refractivity contribution is -0.913.